The molecule has 3 nitrogen and oxygen atoms in total. The van der Waals surface area contributed by atoms with Crippen LogP contribution in [0.25, 0.3) is 0 Å². The molecule has 1 N–H and O–H groups in total. The zero-order valence-corrected chi connectivity index (χ0v) is 11.6. The van der Waals surface area contributed by atoms with Crippen LogP contribution in [0.2, 0.25) is 0 Å². The third-order valence-corrected chi connectivity index (χ3v) is 3.84. The number of Topliss-reactive ketones (excluding diaryl/α,β-unsaturated/α-hetero) is 1. The number of carbonyl (C=O) groups excluding carboxylic acids is 1. The van der Waals surface area contributed by atoms with Gasteiger partial charge >= 0.3 is 0 Å². The van der Waals surface area contributed by atoms with Gasteiger partial charge < -0.3 is 5.32 Å². The molecule has 0 aromatic heterocycles. The topological polar surface area (TPSA) is 32.3 Å². The van der Waals surface area contributed by atoms with Crippen molar-refractivity contribution in [1.29, 1.82) is 0 Å². The molecule has 1 heterocycles. The van der Waals surface area contributed by atoms with Crippen molar-refractivity contribution in [2.24, 2.45) is 0 Å². The molecule has 1 aliphatic rings. The Morgan fingerprint density at radius 2 is 2.05 bits per heavy atom. The molecule has 0 saturated carbocycles. The van der Waals surface area contributed by atoms with Crippen molar-refractivity contribution in [2.75, 3.05) is 26.2 Å². The number of piperazine rings is 1. The molecule has 19 heavy (non-hydrogen) atoms. The van der Waals surface area contributed by atoms with Gasteiger partial charge in [-0.2, -0.15) is 0 Å². The highest BCUT2D eigenvalue weighted by molar-refractivity contribution is 5.89. The number of nitrogens with zero attached hydrogens (tertiary/aromatic N) is 1. The number of halogens is 1. The van der Waals surface area contributed by atoms with Gasteiger partial charge in [0.15, 0.2) is 5.78 Å². The van der Waals surface area contributed by atoms with Crippen LogP contribution in [0.15, 0.2) is 24.3 Å². The molecule has 104 valence electrons. The maximum absolute atomic E-state index is 13.1. The first kappa shape index (κ1) is 14.2. The molecule has 0 amide bonds. The van der Waals surface area contributed by atoms with Gasteiger partial charge in [-0.1, -0.05) is 12.1 Å². The first-order valence-corrected chi connectivity index (χ1v) is 6.73. The second-order valence-corrected chi connectivity index (χ2v) is 5.53. The van der Waals surface area contributed by atoms with Gasteiger partial charge in [-0.3, -0.25) is 9.69 Å². The molecule has 1 aromatic rings. The summed E-state index contributed by atoms with van der Waals surface area (Å²) in [6.07, 6.45) is 0.286. The minimum atomic E-state index is -0.492. The van der Waals surface area contributed by atoms with Crippen molar-refractivity contribution < 1.29 is 9.18 Å². The van der Waals surface area contributed by atoms with Crippen LogP contribution in [0, 0.1) is 5.82 Å². The van der Waals surface area contributed by atoms with E-state index in [1.807, 2.05) is 13.8 Å². The predicted molar refractivity (Wildman–Crippen MR) is 73.6 cm³/mol. The van der Waals surface area contributed by atoms with Crippen LogP contribution in [-0.4, -0.2) is 42.4 Å². The fourth-order valence-electron chi connectivity index (χ4n) is 2.45. The smallest absolute Gasteiger partial charge is 0.156 e. The van der Waals surface area contributed by atoms with Gasteiger partial charge in [-0.15, -0.1) is 0 Å². The highest BCUT2D eigenvalue weighted by Crippen LogP contribution is 2.19. The first-order chi connectivity index (χ1) is 9.00. The standard InChI is InChI=1S/C15H21FN2O/c1-15(2,18-8-6-17-7-9-18)14(19)11-12-4-3-5-13(16)10-12/h3-5,10,17H,6-9,11H2,1-2H3. The van der Waals surface area contributed by atoms with E-state index in [1.54, 1.807) is 12.1 Å². The first-order valence-electron chi connectivity index (χ1n) is 6.73. The van der Waals surface area contributed by atoms with Crippen molar-refractivity contribution >= 4 is 5.78 Å². The molecule has 2 rings (SSSR count). The van der Waals surface area contributed by atoms with Crippen LogP contribution in [0.5, 0.6) is 0 Å². The van der Waals surface area contributed by atoms with Crippen molar-refractivity contribution in [2.45, 2.75) is 25.8 Å². The zero-order chi connectivity index (χ0) is 13.9. The fraction of sp³-hybridized carbons (Fsp3) is 0.533. The van der Waals surface area contributed by atoms with Crippen LogP contribution in [0.4, 0.5) is 4.39 Å². The maximum atomic E-state index is 13.1. The van der Waals surface area contributed by atoms with Crippen LogP contribution >= 0.6 is 0 Å². The van der Waals surface area contributed by atoms with Crippen LogP contribution < -0.4 is 5.32 Å². The van der Waals surface area contributed by atoms with E-state index in [1.165, 1.54) is 12.1 Å². The average molecular weight is 264 g/mol. The molecule has 0 unspecified atom stereocenters. The van der Waals surface area contributed by atoms with E-state index in [-0.39, 0.29) is 18.0 Å². The summed E-state index contributed by atoms with van der Waals surface area (Å²) in [4.78, 5) is 14.7. The van der Waals surface area contributed by atoms with Crippen molar-refractivity contribution in [3.8, 4) is 0 Å². The van der Waals surface area contributed by atoms with Gasteiger partial charge in [0, 0.05) is 32.6 Å². The van der Waals surface area contributed by atoms with Crippen molar-refractivity contribution in [1.82, 2.24) is 10.2 Å². The molecule has 4 heteroatoms. The minimum absolute atomic E-state index is 0.139. The van der Waals surface area contributed by atoms with E-state index in [9.17, 15) is 9.18 Å². The molecule has 1 saturated heterocycles. The number of benzene rings is 1. The lowest BCUT2D eigenvalue weighted by Crippen LogP contribution is -2.57. The van der Waals surface area contributed by atoms with Gasteiger partial charge in [0.1, 0.15) is 5.82 Å². The predicted octanol–water partition coefficient (Wildman–Crippen LogP) is 1.62. The third kappa shape index (κ3) is 3.39. The second kappa shape index (κ2) is 5.80. The second-order valence-electron chi connectivity index (χ2n) is 5.53. The van der Waals surface area contributed by atoms with Crippen LogP contribution in [0.3, 0.4) is 0 Å². The van der Waals surface area contributed by atoms with Gasteiger partial charge in [0.25, 0.3) is 0 Å². The Kier molecular flexibility index (Phi) is 4.32. The summed E-state index contributed by atoms with van der Waals surface area (Å²) < 4.78 is 13.1. The monoisotopic (exact) mass is 264 g/mol. The van der Waals surface area contributed by atoms with Gasteiger partial charge in [-0.25, -0.2) is 4.39 Å². The number of nitrogens with one attached hydrogen (secondary N) is 1. The van der Waals surface area contributed by atoms with Crippen LogP contribution in [-0.2, 0) is 11.2 Å². The molecular weight excluding hydrogens is 243 g/mol. The van der Waals surface area contributed by atoms with Crippen molar-refractivity contribution in [3.63, 3.8) is 0 Å². The molecular formula is C15H21FN2O. The SMILES string of the molecule is CC(C)(C(=O)Cc1cccc(F)c1)N1CCNCC1. The van der Waals surface area contributed by atoms with Crippen molar-refractivity contribution in [3.05, 3.63) is 35.6 Å². The molecule has 1 fully saturated rings. The van der Waals surface area contributed by atoms with E-state index in [4.69, 9.17) is 0 Å². The van der Waals surface area contributed by atoms with E-state index in [0.29, 0.717) is 0 Å². The number of rotatable bonds is 4. The molecule has 0 atom stereocenters. The number of hydrogen-bond donors (Lipinski definition) is 1. The number of hydrogen-bond acceptors (Lipinski definition) is 3. The van der Waals surface area contributed by atoms with E-state index < -0.39 is 5.54 Å². The quantitative estimate of drug-likeness (QED) is 0.897. The Balaban J connectivity index is 2.05. The van der Waals surface area contributed by atoms with Gasteiger partial charge in [0.2, 0.25) is 0 Å². The largest absolute Gasteiger partial charge is 0.314 e. The Morgan fingerprint density at radius 1 is 1.37 bits per heavy atom. The Bertz CT molecular complexity index is 453. The molecule has 0 aliphatic carbocycles. The zero-order valence-electron chi connectivity index (χ0n) is 11.6. The van der Waals surface area contributed by atoms with E-state index in [0.717, 1.165) is 31.7 Å². The highest BCUT2D eigenvalue weighted by Gasteiger charge is 2.34. The summed E-state index contributed by atoms with van der Waals surface area (Å²) in [5.74, 6) is -0.148. The minimum Gasteiger partial charge on any atom is -0.314 e. The Labute approximate surface area is 113 Å². The Hall–Kier alpha value is -1.26. The summed E-state index contributed by atoms with van der Waals surface area (Å²) in [5.41, 5.74) is 0.252. The Morgan fingerprint density at radius 3 is 2.68 bits per heavy atom. The fourth-order valence-corrected chi connectivity index (χ4v) is 2.45. The lowest BCUT2D eigenvalue weighted by atomic mass is 9.91. The maximum Gasteiger partial charge on any atom is 0.156 e. The van der Waals surface area contributed by atoms with Crippen LogP contribution in [0.1, 0.15) is 19.4 Å². The molecule has 1 aromatic carbocycles. The number of carbonyl (C=O) groups is 1. The number of ketones is 1. The van der Waals surface area contributed by atoms with Gasteiger partial charge in [-0.05, 0) is 31.5 Å². The summed E-state index contributed by atoms with van der Waals surface area (Å²) in [7, 11) is 0. The van der Waals surface area contributed by atoms with Gasteiger partial charge in [0.05, 0.1) is 5.54 Å². The lowest BCUT2D eigenvalue weighted by Gasteiger charge is -2.40. The molecule has 0 radical (unpaired) electrons. The highest BCUT2D eigenvalue weighted by atomic mass is 19.1. The molecule has 0 spiro atoms. The normalized spacial score (nSPS) is 17.4. The third-order valence-electron chi connectivity index (χ3n) is 3.84. The average Bonchev–Trinajstić information content (AvgIpc) is 2.39. The molecule has 1 aliphatic heterocycles. The van der Waals surface area contributed by atoms with E-state index >= 15 is 0 Å². The lowest BCUT2D eigenvalue weighted by molar-refractivity contribution is -0.129. The molecule has 0 bridgehead atoms. The van der Waals surface area contributed by atoms with E-state index in [2.05, 4.69) is 10.2 Å². The summed E-state index contributed by atoms with van der Waals surface area (Å²) in [6.45, 7) is 7.50. The summed E-state index contributed by atoms with van der Waals surface area (Å²) in [5, 5.41) is 3.28. The summed E-state index contributed by atoms with van der Waals surface area (Å²) in [6, 6.07) is 6.28. The summed E-state index contributed by atoms with van der Waals surface area (Å²) >= 11 is 0.